The summed E-state index contributed by atoms with van der Waals surface area (Å²) in [5.41, 5.74) is 0.754. The third-order valence-corrected chi connectivity index (χ3v) is 5.50. The van der Waals surface area contributed by atoms with E-state index in [2.05, 4.69) is 20.6 Å². The van der Waals surface area contributed by atoms with Crippen molar-refractivity contribution in [1.29, 1.82) is 0 Å². The molecule has 0 aliphatic rings. The van der Waals surface area contributed by atoms with Gasteiger partial charge in [0.2, 0.25) is 0 Å². The zero-order valence-corrected chi connectivity index (χ0v) is 18.5. The largest absolute Gasteiger partial charge is 0.496 e. The predicted octanol–water partition coefficient (Wildman–Crippen LogP) is 3.55. The second kappa shape index (κ2) is 10.4. The van der Waals surface area contributed by atoms with E-state index >= 15 is 0 Å². The van der Waals surface area contributed by atoms with E-state index in [0.717, 1.165) is 17.2 Å². The smallest absolute Gasteiger partial charge is 0.268 e. The Kier molecular flexibility index (Phi) is 7.67. The molecule has 1 unspecified atom stereocenters. The highest BCUT2D eigenvalue weighted by Gasteiger charge is 2.25. The summed E-state index contributed by atoms with van der Waals surface area (Å²) in [6, 6.07) is 10.9. The summed E-state index contributed by atoms with van der Waals surface area (Å²) in [5.74, 6) is 1.32. The summed E-state index contributed by atoms with van der Waals surface area (Å²) in [6.07, 6.45) is 4.04. The zero-order chi connectivity index (χ0) is 22.3. The normalized spacial score (nSPS) is 12.4. The Hall–Kier alpha value is -2.88. The molecule has 1 atom stereocenters. The van der Waals surface area contributed by atoms with Crippen LogP contribution in [-0.4, -0.2) is 45.6 Å². The number of pyridine rings is 1. The Labute approximate surface area is 185 Å². The van der Waals surface area contributed by atoms with Gasteiger partial charge in [-0.2, -0.15) is 0 Å². The number of aliphatic hydroxyl groups is 1. The van der Waals surface area contributed by atoms with Crippen molar-refractivity contribution in [1.82, 2.24) is 15.3 Å². The molecule has 1 aromatic carbocycles. The second-order valence-corrected chi connectivity index (χ2v) is 8.58. The van der Waals surface area contributed by atoms with Crippen molar-refractivity contribution in [2.75, 3.05) is 18.2 Å². The van der Waals surface area contributed by atoms with Crippen LogP contribution in [0.2, 0.25) is 0 Å². The van der Waals surface area contributed by atoms with Crippen LogP contribution in [0.1, 0.15) is 20.3 Å². The van der Waals surface area contributed by atoms with Crippen molar-refractivity contribution in [2.45, 2.75) is 37.1 Å². The molecule has 0 radical (unpaired) electrons. The molecule has 31 heavy (non-hydrogen) atoms. The fourth-order valence-corrected chi connectivity index (χ4v) is 4.01. The first-order chi connectivity index (χ1) is 14.9. The number of benzene rings is 1. The molecule has 0 aliphatic carbocycles. The van der Waals surface area contributed by atoms with Crippen LogP contribution < -0.4 is 15.4 Å². The summed E-state index contributed by atoms with van der Waals surface area (Å²) in [5, 5.41) is 17.0. The second-order valence-electron chi connectivity index (χ2n) is 7.47. The van der Waals surface area contributed by atoms with Crippen molar-refractivity contribution in [3.8, 4) is 17.1 Å². The number of hydrogen-bond acceptors (Lipinski definition) is 8. The fourth-order valence-electron chi connectivity index (χ4n) is 2.88. The molecule has 0 saturated heterocycles. The molecule has 3 rings (SSSR count). The van der Waals surface area contributed by atoms with Gasteiger partial charge in [-0.05, 0) is 44.5 Å². The average Bonchev–Trinajstić information content (AvgIpc) is 3.28. The number of oxazole rings is 1. The summed E-state index contributed by atoms with van der Waals surface area (Å²) < 4.78 is 10.7. The predicted molar refractivity (Wildman–Crippen MR) is 120 cm³/mol. The van der Waals surface area contributed by atoms with E-state index in [1.54, 1.807) is 42.4 Å². The maximum Gasteiger partial charge on any atom is 0.268 e. The summed E-state index contributed by atoms with van der Waals surface area (Å²) in [6.45, 7) is 3.88. The summed E-state index contributed by atoms with van der Waals surface area (Å²) >= 11 is 1.63. The van der Waals surface area contributed by atoms with Gasteiger partial charge in [-0.1, -0.05) is 6.07 Å². The Bertz CT molecular complexity index is 980. The summed E-state index contributed by atoms with van der Waals surface area (Å²) in [7, 11) is 1.53. The quantitative estimate of drug-likeness (QED) is 0.323. The molecule has 2 heterocycles. The van der Waals surface area contributed by atoms with Crippen LogP contribution in [0.25, 0.3) is 11.3 Å². The van der Waals surface area contributed by atoms with Crippen molar-refractivity contribution < 1.29 is 19.1 Å². The minimum Gasteiger partial charge on any atom is -0.496 e. The molecule has 8 nitrogen and oxygen atoms in total. The molecule has 0 fully saturated rings. The summed E-state index contributed by atoms with van der Waals surface area (Å²) in [4.78, 5) is 20.7. The maximum atomic E-state index is 12.5. The number of hydrogen-bond donors (Lipinski definition) is 3. The van der Waals surface area contributed by atoms with Gasteiger partial charge in [0, 0.05) is 29.2 Å². The molecule has 0 spiro atoms. The van der Waals surface area contributed by atoms with Gasteiger partial charge in [-0.3, -0.25) is 10.1 Å². The van der Waals surface area contributed by atoms with Gasteiger partial charge in [0.05, 0.1) is 23.9 Å². The van der Waals surface area contributed by atoms with Crippen molar-refractivity contribution in [3.63, 3.8) is 0 Å². The van der Waals surface area contributed by atoms with E-state index in [1.807, 2.05) is 32.0 Å². The van der Waals surface area contributed by atoms with Crippen LogP contribution in [0.4, 0.5) is 5.69 Å². The number of carbonyl (C=O) groups is 1. The molecule has 0 saturated carbocycles. The lowest BCUT2D eigenvalue weighted by molar-refractivity contribution is -0.126. The Balaban J connectivity index is 1.54. The number of thioether (sulfide) groups is 1. The van der Waals surface area contributed by atoms with Crippen LogP contribution in [0.15, 0.2) is 64.6 Å². The molecule has 3 N–H and O–H groups in total. The van der Waals surface area contributed by atoms with Gasteiger partial charge in [0.15, 0.2) is 18.4 Å². The number of aliphatic hydroxyl groups excluding tert-OH is 1. The molecular formula is C22H26N4O4S. The number of carbonyl (C=O) groups excluding carboxylic acids is 1. The van der Waals surface area contributed by atoms with E-state index in [1.165, 1.54) is 13.5 Å². The maximum absolute atomic E-state index is 12.5. The number of methoxy groups -OCH3 is 1. The third kappa shape index (κ3) is 6.55. The minimum absolute atomic E-state index is 0.452. The third-order valence-electron chi connectivity index (χ3n) is 4.56. The number of anilines is 1. The fraction of sp³-hybridized carbons (Fsp3) is 0.318. The molecule has 9 heteroatoms. The highest BCUT2D eigenvalue weighted by molar-refractivity contribution is 7.99. The van der Waals surface area contributed by atoms with Gasteiger partial charge in [0.1, 0.15) is 5.75 Å². The van der Waals surface area contributed by atoms with Crippen molar-refractivity contribution in [3.05, 3.63) is 55.2 Å². The van der Waals surface area contributed by atoms with E-state index in [9.17, 15) is 9.90 Å². The van der Waals surface area contributed by atoms with E-state index < -0.39 is 17.7 Å². The number of nitrogens with one attached hydrogen (secondary N) is 2. The topological polar surface area (TPSA) is 110 Å². The highest BCUT2D eigenvalue weighted by Crippen LogP contribution is 2.32. The lowest BCUT2D eigenvalue weighted by Gasteiger charge is -2.29. The van der Waals surface area contributed by atoms with Gasteiger partial charge in [-0.15, -0.1) is 11.8 Å². The van der Waals surface area contributed by atoms with Crippen LogP contribution in [0.5, 0.6) is 5.75 Å². The molecule has 0 aliphatic heterocycles. The number of amides is 1. The first-order valence-electron chi connectivity index (χ1n) is 9.75. The SMILES string of the molecule is COc1cc(NC(=O)C(O)NC(C)(C)CCSc2ccccn2)ccc1-c1cnco1. The van der Waals surface area contributed by atoms with E-state index in [-0.39, 0.29) is 0 Å². The van der Waals surface area contributed by atoms with Gasteiger partial charge in [0.25, 0.3) is 5.91 Å². The lowest BCUT2D eigenvalue weighted by atomic mass is 10.0. The minimum atomic E-state index is -1.37. The standard InChI is InChI=1S/C22H26N4O4S/c1-22(2,9-11-31-19-6-4-5-10-24-19)26-21(28)20(27)25-15-7-8-16(17(12-15)29-3)18-13-23-14-30-18/h4-8,10,12-14,21,26,28H,9,11H2,1-3H3,(H,25,27). The van der Waals surface area contributed by atoms with Crippen LogP contribution in [0, 0.1) is 0 Å². The van der Waals surface area contributed by atoms with Crippen LogP contribution in [0.3, 0.4) is 0 Å². The number of aromatic nitrogens is 2. The van der Waals surface area contributed by atoms with Crippen molar-refractivity contribution in [2.24, 2.45) is 0 Å². The number of rotatable bonds is 10. The van der Waals surface area contributed by atoms with Gasteiger partial charge < -0.3 is 19.6 Å². The van der Waals surface area contributed by atoms with Crippen LogP contribution in [-0.2, 0) is 4.79 Å². The average molecular weight is 443 g/mol. The highest BCUT2D eigenvalue weighted by atomic mass is 32.2. The number of nitrogens with zero attached hydrogens (tertiary/aromatic N) is 2. The first-order valence-corrected chi connectivity index (χ1v) is 10.7. The van der Waals surface area contributed by atoms with Crippen LogP contribution >= 0.6 is 11.8 Å². The van der Waals surface area contributed by atoms with Gasteiger partial charge >= 0.3 is 0 Å². The lowest BCUT2D eigenvalue weighted by Crippen LogP contribution is -2.51. The molecular weight excluding hydrogens is 416 g/mol. The Morgan fingerprint density at radius 3 is 2.84 bits per heavy atom. The molecule has 1 amide bonds. The zero-order valence-electron chi connectivity index (χ0n) is 17.7. The first kappa shape index (κ1) is 22.8. The van der Waals surface area contributed by atoms with Crippen molar-refractivity contribution >= 4 is 23.4 Å². The van der Waals surface area contributed by atoms with Gasteiger partial charge in [-0.25, -0.2) is 9.97 Å². The molecule has 164 valence electrons. The number of ether oxygens (including phenoxy) is 1. The molecule has 2 aromatic heterocycles. The molecule has 3 aromatic rings. The van der Waals surface area contributed by atoms with E-state index in [4.69, 9.17) is 9.15 Å². The Morgan fingerprint density at radius 2 is 2.16 bits per heavy atom. The monoisotopic (exact) mass is 442 g/mol. The molecule has 0 bridgehead atoms. The Morgan fingerprint density at radius 1 is 1.32 bits per heavy atom. The van der Waals surface area contributed by atoms with E-state index in [0.29, 0.717) is 22.8 Å².